The number of carboxylic acid groups (broad SMARTS) is 1. The maximum atomic E-state index is 13.4. The molecule has 0 unspecified atom stereocenters. The Morgan fingerprint density at radius 1 is 1.28 bits per heavy atom. The zero-order valence-electron chi connectivity index (χ0n) is 10.1. The van der Waals surface area contributed by atoms with Gasteiger partial charge in [0.25, 0.3) is 0 Å². The Hall–Kier alpha value is -1.78. The van der Waals surface area contributed by atoms with Gasteiger partial charge in [-0.1, -0.05) is 31.2 Å². The smallest absolute Gasteiger partial charge is 0.330 e. The minimum atomic E-state index is -3.49. The molecule has 0 saturated carbocycles. The Bertz CT molecular complexity index is 452. The molecule has 1 rings (SSSR count). The zero-order chi connectivity index (χ0) is 13.9. The van der Waals surface area contributed by atoms with Gasteiger partial charge in [0.2, 0.25) is 5.78 Å². The van der Waals surface area contributed by atoms with Crippen LogP contribution < -0.4 is 0 Å². The third-order valence-corrected chi connectivity index (χ3v) is 2.72. The number of alkyl halides is 2. The number of hydrogen-bond acceptors (Lipinski definition) is 2. The van der Waals surface area contributed by atoms with Crippen molar-refractivity contribution in [3.8, 4) is 0 Å². The Morgan fingerprint density at radius 2 is 1.78 bits per heavy atom. The molecular weight excluding hydrogens is 242 g/mol. The van der Waals surface area contributed by atoms with E-state index in [-0.39, 0.29) is 12.0 Å². The van der Waals surface area contributed by atoms with E-state index in [1.54, 1.807) is 6.92 Å². The van der Waals surface area contributed by atoms with Crippen LogP contribution in [0.3, 0.4) is 0 Å². The van der Waals surface area contributed by atoms with E-state index in [0.717, 1.165) is 19.1 Å². The van der Waals surface area contributed by atoms with Crippen molar-refractivity contribution >= 4 is 11.8 Å². The Kier molecular flexibility index (Phi) is 4.16. The van der Waals surface area contributed by atoms with E-state index in [9.17, 15) is 18.4 Å². The third-order valence-electron chi connectivity index (χ3n) is 2.72. The van der Waals surface area contributed by atoms with E-state index < -0.39 is 23.6 Å². The highest BCUT2D eigenvalue weighted by molar-refractivity contribution is 5.84. The topological polar surface area (TPSA) is 54.4 Å². The highest BCUT2D eigenvalue weighted by atomic mass is 19.3. The third kappa shape index (κ3) is 3.12. The summed E-state index contributed by atoms with van der Waals surface area (Å²) in [5, 5.41) is 8.74. The number of Topliss-reactive ketones (excluding diaryl/α,β-unsaturated/α-hetero) is 1. The number of ketones is 1. The van der Waals surface area contributed by atoms with Crippen molar-refractivity contribution < 1.29 is 23.5 Å². The molecule has 18 heavy (non-hydrogen) atoms. The van der Waals surface area contributed by atoms with Crippen LogP contribution in [0.5, 0.6) is 0 Å². The van der Waals surface area contributed by atoms with Gasteiger partial charge in [0.1, 0.15) is 0 Å². The highest BCUT2D eigenvalue weighted by Crippen LogP contribution is 2.29. The molecule has 0 fully saturated rings. The van der Waals surface area contributed by atoms with Crippen LogP contribution in [0.15, 0.2) is 24.3 Å². The van der Waals surface area contributed by atoms with Crippen molar-refractivity contribution in [1.82, 2.24) is 0 Å². The summed E-state index contributed by atoms with van der Waals surface area (Å²) < 4.78 is 26.7. The number of rotatable bonds is 5. The van der Waals surface area contributed by atoms with Gasteiger partial charge in [-0.15, -0.1) is 0 Å². The van der Waals surface area contributed by atoms with E-state index in [4.69, 9.17) is 5.11 Å². The van der Waals surface area contributed by atoms with Crippen LogP contribution in [-0.4, -0.2) is 16.9 Å². The number of carboxylic acids is 1. The summed E-state index contributed by atoms with van der Waals surface area (Å²) in [6.07, 6.45) is 0.265. The molecule has 0 bridgehead atoms. The second-order valence-corrected chi connectivity index (χ2v) is 4.27. The van der Waals surface area contributed by atoms with E-state index >= 15 is 0 Å². The van der Waals surface area contributed by atoms with Crippen LogP contribution in [0.1, 0.15) is 25.0 Å². The molecule has 1 aromatic carbocycles. The largest absolute Gasteiger partial charge is 0.481 e. The molecular formula is C13H14F2O3. The molecule has 0 heterocycles. The first-order valence-corrected chi connectivity index (χ1v) is 5.46. The van der Waals surface area contributed by atoms with Gasteiger partial charge in [0.15, 0.2) is 0 Å². The van der Waals surface area contributed by atoms with E-state index in [1.807, 2.05) is 0 Å². The number of carbonyl (C=O) groups is 2. The summed E-state index contributed by atoms with van der Waals surface area (Å²) in [4.78, 5) is 21.4. The van der Waals surface area contributed by atoms with Gasteiger partial charge < -0.3 is 5.11 Å². The number of hydrogen-bond donors (Lipinski definition) is 1. The summed E-state index contributed by atoms with van der Waals surface area (Å²) in [5.74, 6) is -6.22. The van der Waals surface area contributed by atoms with Crippen molar-refractivity contribution in [3.05, 3.63) is 35.4 Å². The minimum absolute atomic E-state index is 0.265. The maximum Gasteiger partial charge on any atom is 0.330 e. The molecule has 1 atom stereocenters. The maximum absolute atomic E-state index is 13.4. The summed E-state index contributed by atoms with van der Waals surface area (Å²) in [6.45, 7) is 2.38. The Morgan fingerprint density at radius 3 is 2.17 bits per heavy atom. The van der Waals surface area contributed by atoms with Crippen LogP contribution in [0.2, 0.25) is 0 Å². The van der Waals surface area contributed by atoms with Gasteiger partial charge in [-0.2, -0.15) is 8.78 Å². The molecule has 0 radical (unpaired) electrons. The van der Waals surface area contributed by atoms with Gasteiger partial charge in [0, 0.05) is 12.5 Å². The van der Waals surface area contributed by atoms with Crippen LogP contribution >= 0.6 is 0 Å². The van der Waals surface area contributed by atoms with Gasteiger partial charge >= 0.3 is 11.9 Å². The quantitative estimate of drug-likeness (QED) is 0.881. The second kappa shape index (κ2) is 5.25. The molecule has 0 aliphatic heterocycles. The SMILES string of the molecule is CC(=O)C(F)(F)c1ccc(C[C@H](C)C(=O)O)cc1. The molecule has 3 nitrogen and oxygen atoms in total. The average molecular weight is 256 g/mol. The summed E-state index contributed by atoms with van der Waals surface area (Å²) in [7, 11) is 0. The molecule has 0 saturated heterocycles. The first kappa shape index (κ1) is 14.3. The molecule has 0 aliphatic carbocycles. The number of benzene rings is 1. The minimum Gasteiger partial charge on any atom is -0.481 e. The van der Waals surface area contributed by atoms with E-state index in [0.29, 0.717) is 5.56 Å². The predicted molar refractivity (Wildman–Crippen MR) is 61.5 cm³/mol. The van der Waals surface area contributed by atoms with Crippen molar-refractivity contribution in [2.75, 3.05) is 0 Å². The first-order valence-electron chi connectivity index (χ1n) is 5.46. The summed E-state index contributed by atoms with van der Waals surface area (Å²) >= 11 is 0. The van der Waals surface area contributed by atoms with Crippen LogP contribution in [0.4, 0.5) is 8.78 Å². The molecule has 0 aliphatic rings. The molecule has 0 aromatic heterocycles. The van der Waals surface area contributed by atoms with Crippen LogP contribution in [0.25, 0.3) is 0 Å². The fraction of sp³-hybridized carbons (Fsp3) is 0.385. The molecule has 0 spiro atoms. The highest BCUT2D eigenvalue weighted by Gasteiger charge is 2.37. The first-order chi connectivity index (χ1) is 8.25. The fourth-order valence-electron chi connectivity index (χ4n) is 1.49. The van der Waals surface area contributed by atoms with Crippen molar-refractivity contribution in [2.24, 2.45) is 5.92 Å². The van der Waals surface area contributed by atoms with Gasteiger partial charge in [-0.3, -0.25) is 9.59 Å². The van der Waals surface area contributed by atoms with Crippen molar-refractivity contribution in [2.45, 2.75) is 26.2 Å². The number of halogens is 2. The van der Waals surface area contributed by atoms with E-state index in [1.165, 1.54) is 12.1 Å². The summed E-state index contributed by atoms with van der Waals surface area (Å²) in [5.41, 5.74) is 0.273. The lowest BCUT2D eigenvalue weighted by Gasteiger charge is -2.14. The molecule has 5 heteroatoms. The molecule has 1 aromatic rings. The van der Waals surface area contributed by atoms with Crippen molar-refractivity contribution in [3.63, 3.8) is 0 Å². The van der Waals surface area contributed by atoms with E-state index in [2.05, 4.69) is 0 Å². The number of carbonyl (C=O) groups excluding carboxylic acids is 1. The normalized spacial score (nSPS) is 13.1. The lowest BCUT2D eigenvalue weighted by Crippen LogP contribution is -2.23. The molecule has 98 valence electrons. The fourth-order valence-corrected chi connectivity index (χ4v) is 1.49. The standard InChI is InChI=1S/C13H14F2O3/c1-8(12(17)18)7-10-3-5-11(6-4-10)13(14,15)9(2)16/h3-6,8H,7H2,1-2H3,(H,17,18)/t8-/m0/s1. The number of aliphatic carboxylic acids is 1. The molecule has 0 amide bonds. The Labute approximate surface area is 103 Å². The monoisotopic (exact) mass is 256 g/mol. The van der Waals surface area contributed by atoms with Gasteiger partial charge in [-0.05, 0) is 12.0 Å². The second-order valence-electron chi connectivity index (χ2n) is 4.27. The Balaban J connectivity index is 2.87. The van der Waals surface area contributed by atoms with Crippen molar-refractivity contribution in [1.29, 1.82) is 0 Å². The zero-order valence-corrected chi connectivity index (χ0v) is 10.1. The lowest BCUT2D eigenvalue weighted by molar-refractivity contribution is -0.142. The molecule has 1 N–H and O–H groups in total. The van der Waals surface area contributed by atoms with Crippen LogP contribution in [0, 0.1) is 5.92 Å². The van der Waals surface area contributed by atoms with Gasteiger partial charge in [-0.25, -0.2) is 0 Å². The summed E-state index contributed by atoms with van der Waals surface area (Å²) in [6, 6.07) is 5.16. The van der Waals surface area contributed by atoms with Crippen LogP contribution in [-0.2, 0) is 21.9 Å². The predicted octanol–water partition coefficient (Wildman–Crippen LogP) is 2.63. The van der Waals surface area contributed by atoms with Gasteiger partial charge in [0.05, 0.1) is 5.92 Å². The average Bonchev–Trinajstić information content (AvgIpc) is 2.29. The lowest BCUT2D eigenvalue weighted by atomic mass is 9.98.